The van der Waals surface area contributed by atoms with Crippen molar-refractivity contribution in [2.24, 2.45) is 5.41 Å². The molecular formula is C52H65N7O8S. The van der Waals surface area contributed by atoms with E-state index < -0.39 is 52.8 Å². The van der Waals surface area contributed by atoms with E-state index in [1.165, 1.54) is 16.3 Å². The van der Waals surface area contributed by atoms with Gasteiger partial charge in [0.25, 0.3) is 5.91 Å². The van der Waals surface area contributed by atoms with Gasteiger partial charge in [0.05, 0.1) is 34.3 Å². The second-order valence-corrected chi connectivity index (χ2v) is 21.4. The number of esters is 1. The Kier molecular flexibility index (Phi) is 14.0. The number of carbonyl (C=O) groups is 4. The molecule has 362 valence electrons. The van der Waals surface area contributed by atoms with Crippen molar-refractivity contribution in [2.45, 2.75) is 136 Å². The molecule has 6 bridgehead atoms. The highest BCUT2D eigenvalue weighted by molar-refractivity contribution is 7.10. The summed E-state index contributed by atoms with van der Waals surface area (Å²) >= 11 is 1.41. The first-order valence-corrected chi connectivity index (χ1v) is 24.7. The minimum atomic E-state index is -1.24. The highest BCUT2D eigenvalue weighted by Crippen LogP contribution is 2.44. The number of pyridine rings is 1. The topological polar surface area (TPSA) is 177 Å². The highest BCUT2D eigenvalue weighted by Gasteiger charge is 2.39. The van der Waals surface area contributed by atoms with Crippen LogP contribution in [0.5, 0.6) is 0 Å². The van der Waals surface area contributed by atoms with Gasteiger partial charge in [-0.1, -0.05) is 64.1 Å². The first kappa shape index (κ1) is 48.6. The Morgan fingerprint density at radius 2 is 1.81 bits per heavy atom. The molecule has 2 saturated heterocycles. The first-order valence-electron chi connectivity index (χ1n) is 23.8. The minimum Gasteiger partial charge on any atom is -0.464 e. The maximum absolute atomic E-state index is 14.2. The molecule has 8 rings (SSSR count). The third-order valence-corrected chi connectivity index (χ3v) is 13.9. The Morgan fingerprint density at radius 3 is 2.51 bits per heavy atom. The average molecular weight is 948 g/mol. The standard InChI is InChI=1S/C52H65N7O8S/c1-9-58-42-18-17-34-24-36(42)38(45(58)37-25-35(28-53-44(37)32(2)3)52(64)19-22-57(23-20-52)49(63)65-29-33-14-11-10-12-15-33)27-51(7,8)31-66-47(61)39-16-13-21-59(56-39)46(60)40(26-43-54-41(34)30-68-43)55-48(62)67-50(4,5)6/h10-12,14-15,17-18,24-25,28,30,32,39-40,56,64H,9,13,16,19-23,26-27,29,31H2,1-8H3,(H,55,62)/t39-,40-/m0/s1. The smallest absolute Gasteiger partial charge is 0.410 e. The maximum atomic E-state index is 14.2. The minimum absolute atomic E-state index is 0.0330. The van der Waals surface area contributed by atoms with Crippen LogP contribution in [-0.2, 0) is 55.4 Å². The predicted octanol–water partition coefficient (Wildman–Crippen LogP) is 8.65. The number of cyclic esters (lactones) is 1. The number of benzene rings is 2. The molecule has 2 atom stereocenters. The lowest BCUT2D eigenvalue weighted by atomic mass is 9.82. The van der Waals surface area contributed by atoms with Crippen molar-refractivity contribution in [2.75, 3.05) is 26.2 Å². The van der Waals surface area contributed by atoms with Crippen molar-refractivity contribution in [1.82, 2.24) is 35.2 Å². The third kappa shape index (κ3) is 10.7. The van der Waals surface area contributed by atoms with Crippen LogP contribution in [0.25, 0.3) is 33.4 Å². The van der Waals surface area contributed by atoms with E-state index in [1.807, 2.05) is 35.7 Å². The van der Waals surface area contributed by atoms with Gasteiger partial charge in [-0.2, -0.15) is 0 Å². The van der Waals surface area contributed by atoms with Crippen LogP contribution in [-0.4, -0.2) is 97.5 Å². The van der Waals surface area contributed by atoms with Crippen LogP contribution >= 0.6 is 11.3 Å². The number of likely N-dealkylation sites (tertiary alicyclic amines) is 1. The lowest BCUT2D eigenvalue weighted by Gasteiger charge is -2.38. The number of ether oxygens (including phenoxy) is 3. The van der Waals surface area contributed by atoms with E-state index in [1.54, 1.807) is 31.9 Å². The number of aromatic nitrogens is 3. The van der Waals surface area contributed by atoms with Gasteiger partial charge in [-0.15, -0.1) is 11.3 Å². The number of nitrogens with zero attached hydrogens (tertiary/aromatic N) is 5. The molecule has 3 aromatic heterocycles. The third-order valence-electron chi connectivity index (χ3n) is 13.0. The molecule has 0 radical (unpaired) electrons. The van der Waals surface area contributed by atoms with Crippen molar-refractivity contribution in [3.05, 3.63) is 93.6 Å². The number of aliphatic hydroxyl groups is 1. The predicted molar refractivity (Wildman–Crippen MR) is 261 cm³/mol. The van der Waals surface area contributed by atoms with Gasteiger partial charge >= 0.3 is 18.2 Å². The zero-order chi connectivity index (χ0) is 48.5. The van der Waals surface area contributed by atoms with E-state index in [2.05, 4.69) is 74.2 Å². The van der Waals surface area contributed by atoms with Gasteiger partial charge in [0.1, 0.15) is 24.3 Å². The Bertz CT molecular complexity index is 2660. The molecule has 16 heteroatoms. The Morgan fingerprint density at radius 1 is 1.06 bits per heavy atom. The lowest BCUT2D eigenvalue weighted by Crippen LogP contribution is -2.60. The van der Waals surface area contributed by atoms with Crippen LogP contribution < -0.4 is 10.7 Å². The largest absolute Gasteiger partial charge is 0.464 e. The average Bonchev–Trinajstić information content (AvgIpc) is 3.90. The number of hydrazine groups is 1. The van der Waals surface area contributed by atoms with Gasteiger partial charge in [0, 0.05) is 77.2 Å². The molecule has 0 unspecified atom stereocenters. The van der Waals surface area contributed by atoms with Gasteiger partial charge in [0.2, 0.25) is 0 Å². The summed E-state index contributed by atoms with van der Waals surface area (Å²) in [4.78, 5) is 66.1. The molecule has 3 N–H and O–H groups in total. The molecule has 0 spiro atoms. The highest BCUT2D eigenvalue weighted by atomic mass is 32.1. The van der Waals surface area contributed by atoms with E-state index in [-0.39, 0.29) is 25.6 Å². The molecule has 0 aliphatic carbocycles. The lowest BCUT2D eigenvalue weighted by molar-refractivity contribution is -0.155. The molecule has 5 aromatic rings. The number of aryl methyl sites for hydroxylation is 1. The second-order valence-electron chi connectivity index (χ2n) is 20.5. The van der Waals surface area contributed by atoms with Gasteiger partial charge in [-0.25, -0.2) is 20.0 Å². The fourth-order valence-corrected chi connectivity index (χ4v) is 10.3. The summed E-state index contributed by atoms with van der Waals surface area (Å²) in [5.41, 5.74) is 8.59. The van der Waals surface area contributed by atoms with E-state index in [0.717, 1.165) is 50.2 Å². The quantitative estimate of drug-likeness (QED) is 0.105. The molecule has 0 saturated carbocycles. The number of hydrogen-bond acceptors (Lipinski definition) is 12. The number of carbonyl (C=O) groups excluding carboxylic acids is 4. The zero-order valence-corrected chi connectivity index (χ0v) is 41.3. The molecule has 6 heterocycles. The molecule has 68 heavy (non-hydrogen) atoms. The van der Waals surface area contributed by atoms with Crippen LogP contribution in [0.15, 0.2) is 66.2 Å². The Labute approximate surface area is 402 Å². The fraction of sp³-hybridized carbons (Fsp3) is 0.500. The Balaban J connectivity index is 1.18. The zero-order valence-electron chi connectivity index (χ0n) is 40.5. The summed E-state index contributed by atoms with van der Waals surface area (Å²) in [7, 11) is 0. The molecular weight excluding hydrogens is 883 g/mol. The van der Waals surface area contributed by atoms with Gasteiger partial charge in [0.15, 0.2) is 0 Å². The summed E-state index contributed by atoms with van der Waals surface area (Å²) in [6.07, 6.45) is 2.96. The number of amides is 3. The van der Waals surface area contributed by atoms with Gasteiger partial charge < -0.3 is 34.1 Å². The fourth-order valence-electron chi connectivity index (χ4n) is 9.50. The first-order chi connectivity index (χ1) is 32.3. The number of fused-ring (bicyclic) bond motifs is 6. The van der Waals surface area contributed by atoms with Crippen molar-refractivity contribution >= 4 is 46.3 Å². The number of hydrogen-bond donors (Lipinski definition) is 3. The maximum Gasteiger partial charge on any atom is 0.410 e. The van der Waals surface area contributed by atoms with Crippen molar-refractivity contribution in [1.29, 1.82) is 0 Å². The van der Waals surface area contributed by atoms with Crippen LogP contribution in [0.1, 0.15) is 114 Å². The molecule has 2 aromatic carbocycles. The summed E-state index contributed by atoms with van der Waals surface area (Å²) < 4.78 is 19.6. The number of alkyl carbamates (subject to hydrolysis) is 1. The monoisotopic (exact) mass is 947 g/mol. The summed E-state index contributed by atoms with van der Waals surface area (Å²) in [6, 6.07) is 16.2. The number of piperidine rings is 1. The number of rotatable bonds is 7. The summed E-state index contributed by atoms with van der Waals surface area (Å²) in [6.45, 7) is 17.7. The summed E-state index contributed by atoms with van der Waals surface area (Å²) in [5, 5.41) is 20.2. The van der Waals surface area contributed by atoms with Crippen molar-refractivity contribution in [3.63, 3.8) is 0 Å². The molecule has 3 amide bonds. The van der Waals surface area contributed by atoms with Gasteiger partial charge in [-0.05, 0) is 95.0 Å². The van der Waals surface area contributed by atoms with E-state index in [9.17, 15) is 24.3 Å². The summed E-state index contributed by atoms with van der Waals surface area (Å²) in [5.74, 6) is -0.827. The normalized spacial score (nSPS) is 19.9. The Hall–Kier alpha value is -5.84. The second kappa shape index (κ2) is 19.6. The van der Waals surface area contributed by atoms with E-state index in [0.29, 0.717) is 68.9 Å². The molecule has 15 nitrogen and oxygen atoms in total. The van der Waals surface area contributed by atoms with Crippen molar-refractivity contribution in [3.8, 4) is 22.5 Å². The SMILES string of the molecule is CCn1c(-c2cc(C3(O)CCN(C(=O)OCc4ccccc4)CC3)cnc2C(C)C)c2c3cc(ccc31)-c1csc(n1)C[C@H](NC(=O)OC(C)(C)C)C(=O)N1CCC[C@H](N1)C(=O)OCC(C)(C)C2. The number of nitrogens with one attached hydrogen (secondary N) is 2. The van der Waals surface area contributed by atoms with E-state index in [4.69, 9.17) is 24.2 Å². The number of thiazole rings is 1. The van der Waals surface area contributed by atoms with Gasteiger partial charge in [-0.3, -0.25) is 19.6 Å². The molecule has 3 aliphatic rings. The van der Waals surface area contributed by atoms with Crippen molar-refractivity contribution < 1.29 is 38.5 Å². The molecule has 2 fully saturated rings. The van der Waals surface area contributed by atoms with Crippen LogP contribution in [0.4, 0.5) is 9.59 Å². The van der Waals surface area contributed by atoms with Crippen LogP contribution in [0.2, 0.25) is 0 Å². The van der Waals surface area contributed by atoms with E-state index >= 15 is 0 Å². The van der Waals surface area contributed by atoms with Crippen LogP contribution in [0.3, 0.4) is 0 Å². The molecule has 3 aliphatic heterocycles. The van der Waals surface area contributed by atoms with Crippen LogP contribution in [0, 0.1) is 5.41 Å².